The number of rotatable bonds is 0. The van der Waals surface area contributed by atoms with E-state index in [2.05, 4.69) is 104 Å². The monoisotopic (exact) mass is 2500 g/mol. The first-order valence-electron chi connectivity index (χ1n) is 37.7. The minimum atomic E-state index is 0. The number of aromatic amines is 3. The van der Waals surface area contributed by atoms with Gasteiger partial charge in [0.15, 0.2) is 12.7 Å². The number of hydrogen-bond donors (Lipinski definition) is 3. The predicted molar refractivity (Wildman–Crippen MR) is 528 cm³/mol. The SMILES string of the molecule is CC.CC.CC.CC.CC.CC.CC.CC.CC.CC.CC.CC.CC.CC.CC.CC.CC.CC.CC.CC.Cc1ccccc1.Cc1ncncn1.[CH3-].[CH3-].[CH3-].[CH3-].[CH3-].[CH3-].[CH3-].[CH3-].[CH3-].[CH3-].[Y].[Y].[Y].[Y].[Y].[Y].[Y].[Y].[Y].[Y].c1cc[nH]c1.c1ccncc1.c1ccoc1.c1ccsc1.c1cn[nH]c1.c1cncnc1.c1cocn1.c1cscn1.c1nn[nH]n1. The van der Waals surface area contributed by atoms with Gasteiger partial charge in [-0.15, -0.1) is 21.5 Å². The molecule has 10 heterocycles. The Hall–Kier alpha value is 2.88. The van der Waals surface area contributed by atoms with Crippen LogP contribution in [0.15, 0.2) is 240 Å². The molecule has 17 nitrogen and oxygen atoms in total. The summed E-state index contributed by atoms with van der Waals surface area (Å²) in [5, 5.41) is 24.4. The number of H-pyrrole nitrogens is 3. The molecule has 0 saturated heterocycles. The molecule has 3 N–H and O–H groups in total. The molecule has 1 aromatic carbocycles. The van der Waals surface area contributed by atoms with Crippen LogP contribution in [-0.2, 0) is 327 Å². The average molecular weight is 2500 g/mol. The standard InChI is InChI=1S/C7H8.C5H5N.C4H5N3.C4H4N2.C4H5N.C4H4O.C4H4S.C3H4N2.C3H3NO.C3H3NS.20C2H6.CH2N4.10CH3.10Y/c1-7-5-3-2-4-6-7;1-2-4-6-5-3-1;1-4-6-2-5-3-7-4;1-2-5-4-6-3-1;4*1-2-4-5-3-1;2*1-2-5-3-4-1;20*1-2;1-2-4-5-3-1;;;;;;;;;;;;;;;;;;;;/h2-6H,1H3;1-5H;2-3H,1H3;1-4H;1-5H;2*1-4H;1-3H,(H,4,5);2*1-3H;20*1-2H3;1H,(H,2,3,4,5);10*1H3;;;;;;;;;;/q;;;;;;;;;;;;;;;;;;;;;;;;;;;;;;;10*-1;;;;;;;;;;. The van der Waals surface area contributed by atoms with Gasteiger partial charge in [0.1, 0.15) is 31.1 Å². The summed E-state index contributed by atoms with van der Waals surface area (Å²) in [6, 6.07) is 31.2. The zero-order valence-corrected chi connectivity index (χ0v) is 119. The molecular weight excluding hydrogens is 2300 g/mol. The second-order valence-electron chi connectivity index (χ2n) is 9.92. The Kier molecular flexibility index (Phi) is 924. The Balaban J connectivity index is -0.0000000149. The number of furan rings is 1. The van der Waals surface area contributed by atoms with Gasteiger partial charge in [0.25, 0.3) is 0 Å². The van der Waals surface area contributed by atoms with Crippen molar-refractivity contribution in [3.63, 3.8) is 0 Å². The summed E-state index contributed by atoms with van der Waals surface area (Å²) in [5.41, 5.74) is 3.11. The van der Waals surface area contributed by atoms with Crippen molar-refractivity contribution in [1.29, 1.82) is 0 Å². The normalized spacial score (nSPS) is 5.11. The number of tetrazole rings is 1. The second-order valence-corrected chi connectivity index (χ2v) is 11.5. The number of benzene rings is 1. The van der Waals surface area contributed by atoms with E-state index < -0.39 is 0 Å². The number of nitrogens with zero attached hydrogens (tertiary/aromatic N) is 12. The molecule has 0 saturated carbocycles. The number of aromatic nitrogens is 15. The fourth-order valence-corrected chi connectivity index (χ4v) is 3.63. The van der Waals surface area contributed by atoms with Gasteiger partial charge in [0.2, 0.25) is 0 Å². The Morgan fingerprint density at radius 3 is 0.727 bits per heavy atom. The molecule has 11 rings (SSSR count). The van der Waals surface area contributed by atoms with Crippen molar-refractivity contribution >= 4 is 22.7 Å². The van der Waals surface area contributed by atoms with Crippen LogP contribution >= 0.6 is 22.7 Å². The number of pyridine rings is 1. The summed E-state index contributed by atoms with van der Waals surface area (Å²) in [5.74, 6) is 0.759. The smallest absolute Gasteiger partial charge is 0.180 e. The number of hydrogen-bond acceptors (Lipinski definition) is 16. The van der Waals surface area contributed by atoms with E-state index in [1.54, 1.807) is 96.4 Å². The van der Waals surface area contributed by atoms with Gasteiger partial charge in [-0.05, 0) is 73.1 Å². The molecule has 10 aromatic heterocycles. The second kappa shape index (κ2) is 421. The summed E-state index contributed by atoms with van der Waals surface area (Å²) in [4.78, 5) is 32.4. The number of thiophene rings is 1. The molecule has 0 atom stereocenters. The van der Waals surface area contributed by atoms with Gasteiger partial charge in [-0.2, -0.15) is 21.6 Å². The molecule has 0 unspecified atom stereocenters. The van der Waals surface area contributed by atoms with Gasteiger partial charge in [-0.25, -0.2) is 29.9 Å². The average Bonchev–Trinajstić information content (AvgIpc) is 1.76. The van der Waals surface area contributed by atoms with Crippen molar-refractivity contribution in [2.24, 2.45) is 0 Å². The van der Waals surface area contributed by atoms with Crippen LogP contribution in [0.4, 0.5) is 0 Å². The number of nitrogens with one attached hydrogen (secondary N) is 3. The topological polar surface area (TPSA) is 228 Å². The maximum absolute atomic E-state index is 4.58. The fourth-order valence-electron chi connectivity index (χ4n) is 2.82. The Bertz CT molecular complexity index is 1720. The first kappa shape index (κ1) is 266. The first-order chi connectivity index (χ1) is 50.3. The van der Waals surface area contributed by atoms with Crippen LogP contribution in [0.2, 0.25) is 0 Å². The molecule has 0 spiro atoms. The number of aryl methyl sites for hydroxylation is 2. The third-order valence-electron chi connectivity index (χ3n) is 5.32. The van der Waals surface area contributed by atoms with Crippen LogP contribution in [0.25, 0.3) is 0 Å². The third kappa shape index (κ3) is 414. The van der Waals surface area contributed by atoms with Crippen molar-refractivity contribution in [3.05, 3.63) is 317 Å². The Morgan fingerprint density at radius 2 is 0.620 bits per heavy atom. The number of oxazole rings is 1. The van der Waals surface area contributed by atoms with Crippen molar-refractivity contribution in [3.8, 4) is 0 Å². The molecular formula is C92H197N15O2S2Y10-10. The van der Waals surface area contributed by atoms with Crippen molar-refractivity contribution in [1.82, 2.24) is 75.7 Å². The van der Waals surface area contributed by atoms with Crippen LogP contribution in [0.3, 0.4) is 0 Å². The largest absolute Gasteiger partial charge is 0.473 e. The van der Waals surface area contributed by atoms with Crippen LogP contribution in [0.5, 0.6) is 0 Å². The van der Waals surface area contributed by atoms with Gasteiger partial charge < -0.3 is 88.1 Å². The van der Waals surface area contributed by atoms with Crippen LogP contribution < -0.4 is 0 Å². The van der Waals surface area contributed by atoms with E-state index in [-0.39, 0.29) is 401 Å². The molecule has 0 aliphatic rings. The van der Waals surface area contributed by atoms with Gasteiger partial charge in [0.05, 0.1) is 24.2 Å². The van der Waals surface area contributed by atoms with E-state index >= 15 is 0 Å². The zero-order chi connectivity index (χ0) is 83.5. The molecule has 0 bridgehead atoms. The van der Waals surface area contributed by atoms with Crippen molar-refractivity contribution < 1.29 is 336 Å². The molecule has 11 aromatic rings. The fraction of sp³-hybridized carbons (Fsp3) is 0.457. The van der Waals surface area contributed by atoms with E-state index in [1.165, 1.54) is 43.5 Å². The maximum atomic E-state index is 4.58. The van der Waals surface area contributed by atoms with E-state index in [0.29, 0.717) is 0 Å². The third-order valence-corrected chi connectivity index (χ3v) is 6.47. The van der Waals surface area contributed by atoms with Gasteiger partial charge >= 0.3 is 0 Å². The van der Waals surface area contributed by atoms with Crippen LogP contribution in [0, 0.1) is 88.1 Å². The minimum absolute atomic E-state index is 0. The molecule has 0 amide bonds. The van der Waals surface area contributed by atoms with E-state index in [4.69, 9.17) is 0 Å². The van der Waals surface area contributed by atoms with Gasteiger partial charge in [0, 0.05) is 388 Å². The Morgan fingerprint density at radius 1 is 0.264 bits per heavy atom. The van der Waals surface area contributed by atoms with Crippen LogP contribution in [-0.4, -0.2) is 75.7 Å². The minimum Gasteiger partial charge on any atom is -0.473 e. The quantitative estimate of drug-likeness (QED) is 0.120. The summed E-state index contributed by atoms with van der Waals surface area (Å²) in [7, 11) is 0. The van der Waals surface area contributed by atoms with Crippen molar-refractivity contribution in [2.75, 3.05) is 0 Å². The number of thiazole rings is 1. The summed E-state index contributed by atoms with van der Waals surface area (Å²) in [6.07, 6.45) is 29.4. The van der Waals surface area contributed by atoms with E-state index in [0.717, 1.165) is 5.82 Å². The summed E-state index contributed by atoms with van der Waals surface area (Å²) < 4.78 is 9.06. The molecule has 10 radical (unpaired) electrons. The summed E-state index contributed by atoms with van der Waals surface area (Å²) in [6.45, 7) is 83.9. The molecule has 0 aliphatic heterocycles. The van der Waals surface area contributed by atoms with E-state index in [1.807, 2.05) is 391 Å². The Labute approximate surface area is 1020 Å². The zero-order valence-electron chi connectivity index (χ0n) is 89.2. The van der Waals surface area contributed by atoms with E-state index in [9.17, 15) is 0 Å². The molecule has 704 valence electrons. The van der Waals surface area contributed by atoms with Gasteiger partial charge in [-0.3, -0.25) is 15.1 Å². The first-order valence-corrected chi connectivity index (χ1v) is 39.6. The maximum Gasteiger partial charge on any atom is 0.180 e. The summed E-state index contributed by atoms with van der Waals surface area (Å²) >= 11 is 3.31. The van der Waals surface area contributed by atoms with Crippen LogP contribution in [0.1, 0.15) is 288 Å². The molecule has 29 heteroatoms. The van der Waals surface area contributed by atoms with Gasteiger partial charge in [-0.1, -0.05) is 336 Å². The van der Waals surface area contributed by atoms with Crippen molar-refractivity contribution in [2.45, 2.75) is 291 Å². The molecule has 0 aliphatic carbocycles. The molecule has 0 fully saturated rings. The predicted octanol–water partition coefficient (Wildman–Crippen LogP) is 34.2. The molecule has 121 heavy (non-hydrogen) atoms.